The van der Waals surface area contributed by atoms with Crippen molar-refractivity contribution in [3.63, 3.8) is 0 Å². The van der Waals surface area contributed by atoms with Gasteiger partial charge in [-0.1, -0.05) is 12.1 Å². The van der Waals surface area contributed by atoms with Gasteiger partial charge in [0.2, 0.25) is 5.43 Å². The van der Waals surface area contributed by atoms with Crippen molar-refractivity contribution in [2.24, 2.45) is 13.0 Å². The summed E-state index contributed by atoms with van der Waals surface area (Å²) in [5, 5.41) is 4.10. The van der Waals surface area contributed by atoms with Crippen molar-refractivity contribution in [2.45, 2.75) is 32.4 Å². The molecule has 4 rings (SSSR count). The monoisotopic (exact) mass is 459 g/mol. The Labute approximate surface area is 188 Å². The first-order chi connectivity index (χ1) is 15.6. The van der Waals surface area contributed by atoms with Crippen LogP contribution in [0.3, 0.4) is 0 Å². The van der Waals surface area contributed by atoms with Gasteiger partial charge in [-0.2, -0.15) is 18.3 Å². The second-order valence-electron chi connectivity index (χ2n) is 8.34. The quantitative estimate of drug-likeness (QED) is 0.600. The van der Waals surface area contributed by atoms with Crippen LogP contribution in [-0.4, -0.2) is 43.2 Å². The lowest BCUT2D eigenvalue weighted by Crippen LogP contribution is -2.43. The van der Waals surface area contributed by atoms with Crippen LogP contribution in [0.4, 0.5) is 13.2 Å². The van der Waals surface area contributed by atoms with Crippen molar-refractivity contribution < 1.29 is 18.0 Å². The number of aromatic nitrogens is 4. The number of likely N-dealkylation sites (tertiary alicyclic amines) is 1. The molecule has 1 fully saturated rings. The van der Waals surface area contributed by atoms with E-state index in [4.69, 9.17) is 0 Å². The van der Waals surface area contributed by atoms with Gasteiger partial charge in [-0.05, 0) is 37.8 Å². The highest BCUT2D eigenvalue weighted by molar-refractivity contribution is 5.92. The summed E-state index contributed by atoms with van der Waals surface area (Å²) in [5.41, 5.74) is -1.90. The van der Waals surface area contributed by atoms with Crippen LogP contribution in [-0.2, 0) is 19.6 Å². The molecule has 1 saturated heterocycles. The minimum Gasteiger partial charge on any atom is -0.338 e. The number of carbonyl (C=O) groups excluding carboxylic acids is 1. The van der Waals surface area contributed by atoms with Gasteiger partial charge in [-0.3, -0.25) is 9.59 Å². The number of imidazole rings is 1. The van der Waals surface area contributed by atoms with Crippen molar-refractivity contribution in [1.82, 2.24) is 24.2 Å². The maximum atomic E-state index is 13.5. The molecular weight excluding hydrogens is 435 g/mol. The van der Waals surface area contributed by atoms with Crippen molar-refractivity contribution >= 4 is 5.91 Å². The topological polar surface area (TPSA) is 73.0 Å². The third-order valence-corrected chi connectivity index (χ3v) is 5.95. The number of rotatable bonds is 4. The Kier molecular flexibility index (Phi) is 6.09. The van der Waals surface area contributed by atoms with Gasteiger partial charge >= 0.3 is 6.18 Å². The average Bonchev–Trinajstić information content (AvgIpc) is 3.17. The zero-order chi connectivity index (χ0) is 23.8. The largest absolute Gasteiger partial charge is 0.418 e. The number of hydrogen-bond donors (Lipinski definition) is 0. The molecule has 3 aromatic rings. The Morgan fingerprint density at radius 3 is 2.70 bits per heavy atom. The zero-order valence-electron chi connectivity index (χ0n) is 18.3. The molecule has 1 amide bonds. The number of para-hydroxylation sites is 1. The molecule has 0 bridgehead atoms. The summed E-state index contributed by atoms with van der Waals surface area (Å²) in [6, 6.07) is 6.11. The summed E-state index contributed by atoms with van der Waals surface area (Å²) in [7, 11) is 1.91. The number of benzene rings is 1. The molecule has 0 spiro atoms. The summed E-state index contributed by atoms with van der Waals surface area (Å²) in [4.78, 5) is 31.7. The lowest BCUT2D eigenvalue weighted by atomic mass is 9.94. The summed E-state index contributed by atoms with van der Waals surface area (Å²) < 4.78 is 43.6. The Balaban J connectivity index is 1.64. The number of aryl methyl sites for hydroxylation is 2. The van der Waals surface area contributed by atoms with E-state index in [-0.39, 0.29) is 23.0 Å². The van der Waals surface area contributed by atoms with Crippen LogP contribution in [0.5, 0.6) is 0 Å². The molecule has 10 heteroatoms. The fourth-order valence-electron chi connectivity index (χ4n) is 4.25. The van der Waals surface area contributed by atoms with E-state index in [0.29, 0.717) is 19.5 Å². The molecule has 0 radical (unpaired) electrons. The lowest BCUT2D eigenvalue weighted by Gasteiger charge is -2.32. The van der Waals surface area contributed by atoms with Gasteiger partial charge in [0.15, 0.2) is 5.69 Å². The Morgan fingerprint density at radius 2 is 2.00 bits per heavy atom. The number of amides is 1. The van der Waals surface area contributed by atoms with Crippen molar-refractivity contribution in [1.29, 1.82) is 0 Å². The lowest BCUT2D eigenvalue weighted by molar-refractivity contribution is -0.137. The van der Waals surface area contributed by atoms with E-state index in [9.17, 15) is 22.8 Å². The van der Waals surface area contributed by atoms with E-state index >= 15 is 0 Å². The van der Waals surface area contributed by atoms with E-state index in [2.05, 4.69) is 10.1 Å². The molecule has 3 heterocycles. The van der Waals surface area contributed by atoms with Gasteiger partial charge in [0.1, 0.15) is 5.82 Å². The van der Waals surface area contributed by atoms with Crippen LogP contribution in [0.1, 0.15) is 40.4 Å². The molecule has 1 aliphatic rings. The Morgan fingerprint density at radius 1 is 1.24 bits per heavy atom. The molecule has 2 aromatic heterocycles. The molecule has 7 nitrogen and oxygen atoms in total. The normalized spacial score (nSPS) is 16.8. The molecule has 1 aromatic carbocycles. The number of nitrogens with zero attached hydrogens (tertiary/aromatic N) is 5. The van der Waals surface area contributed by atoms with Crippen LogP contribution >= 0.6 is 0 Å². The second kappa shape index (κ2) is 8.84. The Bertz CT molecular complexity index is 1230. The minimum atomic E-state index is -4.61. The fraction of sp³-hybridized carbons (Fsp3) is 0.391. The summed E-state index contributed by atoms with van der Waals surface area (Å²) in [6.45, 7) is 2.38. The smallest absolute Gasteiger partial charge is 0.338 e. The van der Waals surface area contributed by atoms with Gasteiger partial charge in [0.25, 0.3) is 5.91 Å². The number of alkyl halides is 3. The maximum absolute atomic E-state index is 13.5. The average molecular weight is 459 g/mol. The summed E-state index contributed by atoms with van der Waals surface area (Å²) in [6.07, 6.45) is 1.34. The molecule has 33 heavy (non-hydrogen) atoms. The van der Waals surface area contributed by atoms with Crippen LogP contribution in [0, 0.1) is 12.8 Å². The molecule has 0 N–H and O–H groups in total. The number of piperidine rings is 1. The molecule has 1 unspecified atom stereocenters. The third kappa shape index (κ3) is 4.69. The van der Waals surface area contributed by atoms with Crippen LogP contribution < -0.4 is 5.43 Å². The standard InChI is InChI=1S/C23H24F3N5O2/c1-15-12-19(32)21(28-31(15)18-8-4-3-7-17(18)23(24,25)26)22(33)30-10-5-6-16(14-30)13-20-27-9-11-29(20)2/h3-4,7-9,11-12,16H,5-6,10,13-14H2,1-2H3. The number of halogens is 3. The number of carbonyl (C=O) groups is 1. The van der Waals surface area contributed by atoms with E-state index in [1.165, 1.54) is 25.1 Å². The molecule has 0 saturated carbocycles. The third-order valence-electron chi connectivity index (χ3n) is 5.95. The van der Waals surface area contributed by atoms with Gasteiger partial charge in [0, 0.05) is 50.7 Å². The van der Waals surface area contributed by atoms with Gasteiger partial charge < -0.3 is 9.47 Å². The summed E-state index contributed by atoms with van der Waals surface area (Å²) in [5.74, 6) is 0.513. The predicted molar refractivity (Wildman–Crippen MR) is 115 cm³/mol. The van der Waals surface area contributed by atoms with Crippen LogP contribution in [0.25, 0.3) is 5.69 Å². The van der Waals surface area contributed by atoms with Gasteiger partial charge in [-0.25, -0.2) is 9.67 Å². The highest BCUT2D eigenvalue weighted by atomic mass is 19.4. The zero-order valence-corrected chi connectivity index (χ0v) is 18.3. The van der Waals surface area contributed by atoms with E-state index in [1.807, 2.05) is 17.8 Å². The van der Waals surface area contributed by atoms with E-state index < -0.39 is 23.1 Å². The summed E-state index contributed by atoms with van der Waals surface area (Å²) >= 11 is 0. The van der Waals surface area contributed by atoms with Gasteiger partial charge in [-0.15, -0.1) is 0 Å². The SMILES string of the molecule is Cc1cc(=O)c(C(=O)N2CCCC(Cc3nccn3C)C2)nn1-c1ccccc1C(F)(F)F. The molecule has 1 aliphatic heterocycles. The first-order valence-corrected chi connectivity index (χ1v) is 10.7. The molecule has 174 valence electrons. The van der Waals surface area contributed by atoms with Crippen molar-refractivity contribution in [3.05, 3.63) is 75.7 Å². The second-order valence-corrected chi connectivity index (χ2v) is 8.34. The first kappa shape index (κ1) is 22.8. The molecule has 0 aliphatic carbocycles. The van der Waals surface area contributed by atoms with Crippen LogP contribution in [0.2, 0.25) is 0 Å². The fourth-order valence-corrected chi connectivity index (χ4v) is 4.25. The van der Waals surface area contributed by atoms with E-state index in [1.54, 1.807) is 11.1 Å². The predicted octanol–water partition coefficient (Wildman–Crippen LogP) is 3.39. The first-order valence-electron chi connectivity index (χ1n) is 10.7. The molecule has 1 atom stereocenters. The number of hydrogen-bond acceptors (Lipinski definition) is 4. The highest BCUT2D eigenvalue weighted by Crippen LogP contribution is 2.33. The van der Waals surface area contributed by atoms with Crippen molar-refractivity contribution in [2.75, 3.05) is 13.1 Å². The Hall–Kier alpha value is -3.43. The maximum Gasteiger partial charge on any atom is 0.418 e. The van der Waals surface area contributed by atoms with E-state index in [0.717, 1.165) is 35.5 Å². The molecular formula is C23H24F3N5O2. The van der Waals surface area contributed by atoms with Crippen LogP contribution in [0.15, 0.2) is 47.5 Å². The van der Waals surface area contributed by atoms with Gasteiger partial charge in [0.05, 0.1) is 11.3 Å². The van der Waals surface area contributed by atoms with Crippen molar-refractivity contribution in [3.8, 4) is 5.69 Å². The highest BCUT2D eigenvalue weighted by Gasteiger charge is 2.35. The minimum absolute atomic E-state index is 0.169.